The number of rotatable bonds is 1. The van der Waals surface area contributed by atoms with Gasteiger partial charge in [0, 0.05) is 37.2 Å². The molecule has 0 spiro atoms. The van der Waals surface area contributed by atoms with Crippen molar-refractivity contribution >= 4 is 11.8 Å². The number of hydrogen-bond donors (Lipinski definition) is 2. The van der Waals surface area contributed by atoms with Crippen molar-refractivity contribution in [2.75, 3.05) is 38.5 Å². The smallest absolute Gasteiger partial charge is 0.0830 e. The summed E-state index contributed by atoms with van der Waals surface area (Å²) in [5.41, 5.74) is 0. The molecule has 0 aromatic heterocycles. The Hall–Kier alpha value is 0.230. The van der Waals surface area contributed by atoms with Crippen LogP contribution in [0.3, 0.4) is 0 Å². The average molecular weight is 188 g/mol. The van der Waals surface area contributed by atoms with Gasteiger partial charge in [-0.3, -0.25) is 0 Å². The lowest BCUT2D eigenvalue weighted by Gasteiger charge is -2.33. The summed E-state index contributed by atoms with van der Waals surface area (Å²) in [5, 5.41) is 7.43. The topological polar surface area (TPSA) is 33.3 Å². The van der Waals surface area contributed by atoms with Gasteiger partial charge in [0.15, 0.2) is 0 Å². The van der Waals surface area contributed by atoms with Crippen molar-refractivity contribution in [3.8, 4) is 0 Å². The van der Waals surface area contributed by atoms with Gasteiger partial charge < -0.3 is 15.4 Å². The maximum absolute atomic E-state index is 5.69. The number of ether oxygens (including phenoxy) is 1. The van der Waals surface area contributed by atoms with E-state index in [1.165, 1.54) is 5.75 Å². The molecule has 0 aromatic rings. The molecule has 0 saturated carbocycles. The number of hydrogen-bond acceptors (Lipinski definition) is 4. The zero-order chi connectivity index (χ0) is 8.23. The van der Waals surface area contributed by atoms with Crippen LogP contribution >= 0.6 is 11.8 Å². The third-order valence-electron chi connectivity index (χ3n) is 2.33. The van der Waals surface area contributed by atoms with Gasteiger partial charge in [-0.25, -0.2) is 0 Å². The quantitative estimate of drug-likeness (QED) is 0.591. The Kier molecular flexibility index (Phi) is 3.28. The fourth-order valence-corrected chi connectivity index (χ4v) is 2.84. The van der Waals surface area contributed by atoms with Crippen molar-refractivity contribution in [1.82, 2.24) is 10.6 Å². The van der Waals surface area contributed by atoms with Crippen LogP contribution in [0.15, 0.2) is 0 Å². The summed E-state index contributed by atoms with van der Waals surface area (Å²) in [7, 11) is 0. The molecule has 0 amide bonds. The highest BCUT2D eigenvalue weighted by atomic mass is 32.2. The van der Waals surface area contributed by atoms with Crippen LogP contribution in [0, 0.1) is 0 Å². The largest absolute Gasteiger partial charge is 0.374 e. The van der Waals surface area contributed by atoms with E-state index in [0.717, 1.165) is 32.8 Å². The predicted molar refractivity (Wildman–Crippen MR) is 51.7 cm³/mol. The van der Waals surface area contributed by atoms with Crippen LogP contribution in [0.5, 0.6) is 0 Å². The molecule has 3 nitrogen and oxygen atoms in total. The van der Waals surface area contributed by atoms with Crippen molar-refractivity contribution in [2.45, 2.75) is 11.4 Å². The second-order valence-corrected chi connectivity index (χ2v) is 4.57. The van der Waals surface area contributed by atoms with Gasteiger partial charge in [0.1, 0.15) is 0 Å². The molecule has 2 heterocycles. The van der Waals surface area contributed by atoms with Crippen LogP contribution in [0.1, 0.15) is 0 Å². The SMILES string of the molecule is C1COC(C2CNCCS2)CN1. The first-order valence-electron chi connectivity index (χ1n) is 4.61. The molecule has 0 aliphatic carbocycles. The van der Waals surface area contributed by atoms with Crippen LogP contribution in [-0.4, -0.2) is 49.9 Å². The zero-order valence-electron chi connectivity index (χ0n) is 7.21. The highest BCUT2D eigenvalue weighted by Gasteiger charge is 2.25. The summed E-state index contributed by atoms with van der Waals surface area (Å²) in [6.45, 7) is 5.18. The number of nitrogens with one attached hydrogen (secondary N) is 2. The second-order valence-electron chi connectivity index (χ2n) is 3.23. The van der Waals surface area contributed by atoms with Gasteiger partial charge in [-0.2, -0.15) is 11.8 Å². The molecule has 2 atom stereocenters. The molecule has 4 heteroatoms. The molecule has 2 N–H and O–H groups in total. The fraction of sp³-hybridized carbons (Fsp3) is 1.00. The van der Waals surface area contributed by atoms with Crippen LogP contribution in [0.25, 0.3) is 0 Å². The first-order valence-corrected chi connectivity index (χ1v) is 5.66. The molecule has 70 valence electrons. The lowest BCUT2D eigenvalue weighted by atomic mass is 10.2. The molecule has 12 heavy (non-hydrogen) atoms. The highest BCUT2D eigenvalue weighted by molar-refractivity contribution is 8.00. The molecule has 2 rings (SSSR count). The minimum atomic E-state index is 0.427. The maximum Gasteiger partial charge on any atom is 0.0830 e. The normalized spacial score (nSPS) is 38.0. The number of thioether (sulfide) groups is 1. The van der Waals surface area contributed by atoms with Crippen molar-refractivity contribution < 1.29 is 4.74 Å². The second kappa shape index (κ2) is 4.46. The Labute approximate surface area is 77.6 Å². The Balaban J connectivity index is 1.80. The molecule has 0 aromatic carbocycles. The molecule has 2 aliphatic heterocycles. The molecule has 2 fully saturated rings. The third kappa shape index (κ3) is 2.13. The molecule has 0 bridgehead atoms. The van der Waals surface area contributed by atoms with Gasteiger partial charge in [-0.15, -0.1) is 0 Å². The van der Waals surface area contributed by atoms with Crippen molar-refractivity contribution in [1.29, 1.82) is 0 Å². The van der Waals surface area contributed by atoms with Gasteiger partial charge >= 0.3 is 0 Å². The molecule has 2 saturated heterocycles. The van der Waals surface area contributed by atoms with E-state index >= 15 is 0 Å². The van der Waals surface area contributed by atoms with Gasteiger partial charge in [0.25, 0.3) is 0 Å². The Morgan fingerprint density at radius 3 is 2.75 bits per heavy atom. The maximum atomic E-state index is 5.69. The van der Waals surface area contributed by atoms with E-state index in [1.54, 1.807) is 0 Å². The predicted octanol–water partition coefficient (Wildman–Crippen LogP) is -0.320. The Morgan fingerprint density at radius 2 is 2.08 bits per heavy atom. The first-order chi connectivity index (χ1) is 5.97. The van der Waals surface area contributed by atoms with Crippen molar-refractivity contribution in [2.24, 2.45) is 0 Å². The number of morpholine rings is 1. The van der Waals surface area contributed by atoms with Crippen molar-refractivity contribution in [3.05, 3.63) is 0 Å². The van der Waals surface area contributed by atoms with E-state index in [9.17, 15) is 0 Å². The fourth-order valence-electron chi connectivity index (χ4n) is 1.65. The highest BCUT2D eigenvalue weighted by Crippen LogP contribution is 2.19. The minimum absolute atomic E-state index is 0.427. The summed E-state index contributed by atoms with van der Waals surface area (Å²) < 4.78 is 5.69. The first kappa shape index (κ1) is 8.81. The van der Waals surface area contributed by atoms with E-state index in [2.05, 4.69) is 10.6 Å². The third-order valence-corrected chi connectivity index (χ3v) is 3.67. The van der Waals surface area contributed by atoms with Gasteiger partial charge in [-0.05, 0) is 0 Å². The molecule has 2 unspecified atom stereocenters. The van der Waals surface area contributed by atoms with Gasteiger partial charge in [-0.1, -0.05) is 0 Å². The summed E-state index contributed by atoms with van der Waals surface area (Å²) in [6, 6.07) is 0. The van der Waals surface area contributed by atoms with E-state index in [4.69, 9.17) is 4.74 Å². The van der Waals surface area contributed by atoms with Crippen LogP contribution in [0.4, 0.5) is 0 Å². The van der Waals surface area contributed by atoms with E-state index in [-0.39, 0.29) is 0 Å². The van der Waals surface area contributed by atoms with Crippen molar-refractivity contribution in [3.63, 3.8) is 0 Å². The molecular formula is C8H16N2OS. The van der Waals surface area contributed by atoms with E-state index in [1.807, 2.05) is 11.8 Å². The Bertz CT molecular complexity index is 117. The summed E-state index contributed by atoms with van der Waals surface area (Å²) in [6.07, 6.45) is 0.427. The molecule has 0 radical (unpaired) electrons. The molecular weight excluding hydrogens is 172 g/mol. The Morgan fingerprint density at radius 1 is 1.17 bits per heavy atom. The van der Waals surface area contributed by atoms with Crippen LogP contribution < -0.4 is 10.6 Å². The van der Waals surface area contributed by atoms with Crippen LogP contribution in [0.2, 0.25) is 0 Å². The summed E-state index contributed by atoms with van der Waals surface area (Å²) >= 11 is 2.04. The van der Waals surface area contributed by atoms with Gasteiger partial charge in [0.05, 0.1) is 12.7 Å². The van der Waals surface area contributed by atoms with Gasteiger partial charge in [0.2, 0.25) is 0 Å². The zero-order valence-corrected chi connectivity index (χ0v) is 8.03. The monoisotopic (exact) mass is 188 g/mol. The van der Waals surface area contributed by atoms with Crippen LogP contribution in [-0.2, 0) is 4.74 Å². The lowest BCUT2D eigenvalue weighted by Crippen LogP contribution is -2.49. The van der Waals surface area contributed by atoms with E-state index < -0.39 is 0 Å². The molecule has 2 aliphatic rings. The minimum Gasteiger partial charge on any atom is -0.374 e. The average Bonchev–Trinajstić information content (AvgIpc) is 2.21. The lowest BCUT2D eigenvalue weighted by molar-refractivity contribution is 0.0273. The summed E-state index contributed by atoms with van der Waals surface area (Å²) in [5.74, 6) is 1.23. The summed E-state index contributed by atoms with van der Waals surface area (Å²) in [4.78, 5) is 0. The van der Waals surface area contributed by atoms with E-state index in [0.29, 0.717) is 11.4 Å². The standard InChI is InChI=1S/C8H16N2OS/c1-3-11-7(5-9-1)8-6-10-2-4-12-8/h7-10H,1-6H2.